The van der Waals surface area contributed by atoms with Crippen molar-refractivity contribution in [2.75, 3.05) is 12.4 Å². The summed E-state index contributed by atoms with van der Waals surface area (Å²) >= 11 is 0. The minimum Gasteiger partial charge on any atom is -0.495 e. The van der Waals surface area contributed by atoms with E-state index in [9.17, 15) is 4.79 Å². The molecule has 0 saturated carbocycles. The van der Waals surface area contributed by atoms with E-state index >= 15 is 0 Å². The lowest BCUT2D eigenvalue weighted by Gasteiger charge is -2.06. The molecule has 9 nitrogen and oxygen atoms in total. The van der Waals surface area contributed by atoms with E-state index in [1.807, 2.05) is 6.07 Å². The van der Waals surface area contributed by atoms with Crippen molar-refractivity contribution in [1.82, 2.24) is 29.9 Å². The van der Waals surface area contributed by atoms with Gasteiger partial charge in [0, 0.05) is 25.0 Å². The van der Waals surface area contributed by atoms with Crippen LogP contribution in [-0.4, -0.2) is 43.0 Å². The Bertz CT molecular complexity index is 1100. The van der Waals surface area contributed by atoms with Crippen LogP contribution in [0.15, 0.2) is 55.1 Å². The lowest BCUT2D eigenvalue weighted by atomic mass is 10.2. The quantitative estimate of drug-likeness (QED) is 0.555. The van der Waals surface area contributed by atoms with Crippen molar-refractivity contribution in [2.45, 2.75) is 0 Å². The first-order valence-corrected chi connectivity index (χ1v) is 8.45. The Morgan fingerprint density at radius 1 is 1.18 bits per heavy atom. The van der Waals surface area contributed by atoms with Crippen LogP contribution in [0.3, 0.4) is 0 Å². The van der Waals surface area contributed by atoms with Crippen LogP contribution < -0.4 is 10.1 Å². The molecule has 0 bridgehead atoms. The van der Waals surface area contributed by atoms with Crippen LogP contribution in [0.5, 0.6) is 5.75 Å². The highest BCUT2D eigenvalue weighted by atomic mass is 16.5. The number of anilines is 1. The van der Waals surface area contributed by atoms with Gasteiger partial charge >= 0.3 is 0 Å². The van der Waals surface area contributed by atoms with Gasteiger partial charge in [-0.25, -0.2) is 4.98 Å². The molecule has 0 spiro atoms. The third-order valence-corrected chi connectivity index (χ3v) is 4.07. The number of aryl methyl sites for hydroxylation is 1. The Balaban J connectivity index is 1.61. The summed E-state index contributed by atoms with van der Waals surface area (Å²) in [6.45, 7) is 0. The largest absolute Gasteiger partial charge is 0.495 e. The van der Waals surface area contributed by atoms with E-state index in [4.69, 9.17) is 4.74 Å². The molecule has 0 atom stereocenters. The minimum absolute atomic E-state index is 0.288. The predicted octanol–water partition coefficient (Wildman–Crippen LogP) is 2.53. The minimum atomic E-state index is -0.340. The second kappa shape index (κ2) is 7.31. The van der Waals surface area contributed by atoms with E-state index < -0.39 is 0 Å². The highest BCUT2D eigenvalue weighted by Crippen LogP contribution is 2.26. The number of carbonyl (C=O) groups is 1. The lowest BCUT2D eigenvalue weighted by Crippen LogP contribution is -2.14. The van der Waals surface area contributed by atoms with Crippen LogP contribution in [0.2, 0.25) is 0 Å². The van der Waals surface area contributed by atoms with E-state index in [-0.39, 0.29) is 11.6 Å². The van der Waals surface area contributed by atoms with E-state index in [0.717, 1.165) is 5.56 Å². The molecule has 2 N–H and O–H groups in total. The molecule has 0 aliphatic heterocycles. The zero-order chi connectivity index (χ0) is 19.5. The fourth-order valence-corrected chi connectivity index (χ4v) is 2.71. The Kier molecular flexibility index (Phi) is 4.55. The molecular weight excluding hydrogens is 358 g/mol. The van der Waals surface area contributed by atoms with Gasteiger partial charge in [0.25, 0.3) is 5.91 Å². The maximum atomic E-state index is 12.8. The molecule has 4 rings (SSSR count). The number of nitrogens with zero attached hydrogens (tertiary/aromatic N) is 5. The maximum Gasteiger partial charge on any atom is 0.274 e. The average molecular weight is 375 g/mol. The van der Waals surface area contributed by atoms with Crippen LogP contribution in [0, 0.1) is 0 Å². The normalized spacial score (nSPS) is 10.6. The van der Waals surface area contributed by atoms with Crippen LogP contribution in [-0.2, 0) is 7.05 Å². The SMILES string of the molecule is COc1ccc(-c2nn(C)cc2NC(=O)c2cccc(-c3cn[nH]c3)n2)nc1. The molecule has 9 heteroatoms. The van der Waals surface area contributed by atoms with Gasteiger partial charge in [0.05, 0.1) is 36.6 Å². The number of rotatable bonds is 5. The molecule has 4 aromatic heterocycles. The summed E-state index contributed by atoms with van der Waals surface area (Å²) in [6, 6.07) is 8.82. The van der Waals surface area contributed by atoms with E-state index in [0.29, 0.717) is 28.5 Å². The number of H-pyrrole nitrogens is 1. The van der Waals surface area contributed by atoms with Crippen LogP contribution in [0.4, 0.5) is 5.69 Å². The predicted molar refractivity (Wildman–Crippen MR) is 103 cm³/mol. The van der Waals surface area contributed by atoms with E-state index in [1.165, 1.54) is 0 Å². The topological polar surface area (TPSA) is 111 Å². The highest BCUT2D eigenvalue weighted by Gasteiger charge is 2.16. The van der Waals surface area contributed by atoms with Crippen molar-refractivity contribution in [2.24, 2.45) is 7.05 Å². The molecular formula is C19H17N7O2. The maximum absolute atomic E-state index is 12.8. The zero-order valence-electron chi connectivity index (χ0n) is 15.2. The summed E-state index contributed by atoms with van der Waals surface area (Å²) in [5, 5.41) is 13.9. The standard InChI is InChI=1S/C19H17N7O2/c1-26-11-17(18(25-26)15-7-6-13(28-2)10-20-15)24-19(27)16-5-3-4-14(23-16)12-8-21-22-9-12/h3-11H,1-2H3,(H,21,22)(H,24,27). The third-order valence-electron chi connectivity index (χ3n) is 4.07. The smallest absolute Gasteiger partial charge is 0.274 e. The number of hydrogen-bond donors (Lipinski definition) is 2. The fourth-order valence-electron chi connectivity index (χ4n) is 2.71. The molecule has 0 unspecified atom stereocenters. The van der Waals surface area contributed by atoms with Gasteiger partial charge in [0.2, 0.25) is 0 Å². The Morgan fingerprint density at radius 3 is 2.79 bits per heavy atom. The summed E-state index contributed by atoms with van der Waals surface area (Å²) in [5.41, 5.74) is 3.47. The number of amides is 1. The van der Waals surface area contributed by atoms with Crippen LogP contribution >= 0.6 is 0 Å². The number of pyridine rings is 2. The van der Waals surface area contributed by atoms with Crippen molar-refractivity contribution >= 4 is 11.6 Å². The molecule has 0 aromatic carbocycles. The number of aromatic amines is 1. The average Bonchev–Trinajstić information content (AvgIpc) is 3.38. The summed E-state index contributed by atoms with van der Waals surface area (Å²) < 4.78 is 6.75. The monoisotopic (exact) mass is 375 g/mol. The molecule has 0 aliphatic carbocycles. The number of aromatic nitrogens is 6. The van der Waals surface area contributed by atoms with E-state index in [1.54, 1.807) is 67.9 Å². The number of nitrogens with one attached hydrogen (secondary N) is 2. The van der Waals surface area contributed by atoms with Crippen molar-refractivity contribution in [3.63, 3.8) is 0 Å². The van der Waals surface area contributed by atoms with Gasteiger partial charge in [-0.1, -0.05) is 6.07 Å². The zero-order valence-corrected chi connectivity index (χ0v) is 15.2. The highest BCUT2D eigenvalue weighted by molar-refractivity contribution is 6.04. The molecule has 1 amide bonds. The summed E-state index contributed by atoms with van der Waals surface area (Å²) in [5.74, 6) is 0.304. The molecule has 0 aliphatic rings. The van der Waals surface area contributed by atoms with Crippen LogP contribution in [0.1, 0.15) is 10.5 Å². The molecule has 0 fully saturated rings. The second-order valence-electron chi connectivity index (χ2n) is 6.00. The van der Waals surface area contributed by atoms with Gasteiger partial charge in [0.15, 0.2) is 0 Å². The number of ether oxygens (including phenoxy) is 1. The Morgan fingerprint density at radius 2 is 2.07 bits per heavy atom. The van der Waals surface area contributed by atoms with Gasteiger partial charge in [-0.15, -0.1) is 0 Å². The van der Waals surface area contributed by atoms with Crippen molar-refractivity contribution in [3.05, 3.63) is 60.8 Å². The third kappa shape index (κ3) is 3.45. The van der Waals surface area contributed by atoms with Crippen LogP contribution in [0.25, 0.3) is 22.6 Å². The van der Waals surface area contributed by atoms with Gasteiger partial charge in [0.1, 0.15) is 17.1 Å². The van der Waals surface area contributed by atoms with Gasteiger partial charge in [-0.05, 0) is 24.3 Å². The number of methoxy groups -OCH3 is 1. The van der Waals surface area contributed by atoms with Gasteiger partial charge < -0.3 is 10.1 Å². The lowest BCUT2D eigenvalue weighted by molar-refractivity contribution is 0.102. The number of carbonyl (C=O) groups excluding carboxylic acids is 1. The first kappa shape index (κ1) is 17.4. The van der Waals surface area contributed by atoms with Crippen molar-refractivity contribution in [3.8, 4) is 28.4 Å². The molecule has 4 aromatic rings. The molecule has 0 saturated heterocycles. The summed E-state index contributed by atoms with van der Waals surface area (Å²) in [7, 11) is 3.36. The summed E-state index contributed by atoms with van der Waals surface area (Å²) in [6.07, 6.45) is 6.70. The Labute approximate surface area is 160 Å². The second-order valence-corrected chi connectivity index (χ2v) is 6.00. The van der Waals surface area contributed by atoms with Crippen molar-refractivity contribution < 1.29 is 9.53 Å². The summed E-state index contributed by atoms with van der Waals surface area (Å²) in [4.78, 5) is 21.5. The molecule has 140 valence electrons. The molecule has 28 heavy (non-hydrogen) atoms. The fraction of sp³-hybridized carbons (Fsp3) is 0.105. The van der Waals surface area contributed by atoms with E-state index in [2.05, 4.69) is 30.6 Å². The van der Waals surface area contributed by atoms with Crippen molar-refractivity contribution in [1.29, 1.82) is 0 Å². The molecule has 0 radical (unpaired) electrons. The van der Waals surface area contributed by atoms with Gasteiger partial charge in [-0.2, -0.15) is 10.2 Å². The first-order valence-electron chi connectivity index (χ1n) is 8.45. The molecule has 4 heterocycles. The Hall–Kier alpha value is -4.01. The number of hydrogen-bond acceptors (Lipinski definition) is 6. The van der Waals surface area contributed by atoms with Gasteiger partial charge in [-0.3, -0.25) is 19.6 Å². The first-order chi connectivity index (χ1) is 13.6.